The highest BCUT2D eigenvalue weighted by atomic mass is 16.2. The summed E-state index contributed by atoms with van der Waals surface area (Å²) in [7, 11) is 0. The zero-order valence-electron chi connectivity index (χ0n) is 11.7. The molecule has 1 heterocycles. The van der Waals surface area contributed by atoms with Gasteiger partial charge in [-0.1, -0.05) is 13.0 Å². The molecule has 7 heteroatoms. The van der Waals surface area contributed by atoms with E-state index in [9.17, 15) is 14.4 Å². The van der Waals surface area contributed by atoms with E-state index in [1.54, 1.807) is 31.2 Å². The third kappa shape index (κ3) is 4.28. The molecule has 0 spiro atoms. The maximum absolute atomic E-state index is 12.1. The molecule has 1 atom stereocenters. The van der Waals surface area contributed by atoms with Gasteiger partial charge in [0.25, 0.3) is 0 Å². The van der Waals surface area contributed by atoms with Crippen molar-refractivity contribution in [2.75, 3.05) is 23.7 Å². The summed E-state index contributed by atoms with van der Waals surface area (Å²) in [5, 5.41) is 11.0. The molecule has 1 aromatic carbocycles. The van der Waals surface area contributed by atoms with Crippen LogP contribution in [0, 0.1) is 0 Å². The van der Waals surface area contributed by atoms with E-state index in [-0.39, 0.29) is 30.8 Å². The molecule has 112 valence electrons. The number of carbonyl (C=O) groups excluding carboxylic acids is 3. The van der Waals surface area contributed by atoms with E-state index in [0.717, 1.165) is 0 Å². The van der Waals surface area contributed by atoms with Gasteiger partial charge in [0.05, 0.1) is 6.54 Å². The van der Waals surface area contributed by atoms with Gasteiger partial charge >= 0.3 is 0 Å². The molecule has 0 saturated carbocycles. The summed E-state index contributed by atoms with van der Waals surface area (Å²) in [5.41, 5.74) is 1.22. The summed E-state index contributed by atoms with van der Waals surface area (Å²) in [4.78, 5) is 34.4. The van der Waals surface area contributed by atoms with Crippen molar-refractivity contribution in [1.82, 2.24) is 10.6 Å². The first-order valence-corrected chi connectivity index (χ1v) is 6.79. The minimum atomic E-state index is -0.461. The van der Waals surface area contributed by atoms with E-state index in [1.807, 2.05) is 0 Å². The zero-order valence-corrected chi connectivity index (χ0v) is 11.7. The maximum Gasteiger partial charge on any atom is 0.243 e. The van der Waals surface area contributed by atoms with E-state index in [2.05, 4.69) is 21.3 Å². The zero-order chi connectivity index (χ0) is 15.2. The van der Waals surface area contributed by atoms with Gasteiger partial charge in [-0.25, -0.2) is 0 Å². The van der Waals surface area contributed by atoms with Gasteiger partial charge in [-0.3, -0.25) is 19.7 Å². The molecule has 2 rings (SSSR count). The molecule has 1 aliphatic rings. The van der Waals surface area contributed by atoms with Crippen molar-refractivity contribution < 1.29 is 14.4 Å². The summed E-state index contributed by atoms with van der Waals surface area (Å²) < 4.78 is 0. The van der Waals surface area contributed by atoms with Crippen LogP contribution in [0.3, 0.4) is 0 Å². The van der Waals surface area contributed by atoms with Gasteiger partial charge in [-0.15, -0.1) is 0 Å². The second-order valence-electron chi connectivity index (χ2n) is 4.71. The molecule has 21 heavy (non-hydrogen) atoms. The molecular weight excluding hydrogens is 272 g/mol. The molecule has 0 aromatic heterocycles. The molecule has 1 aliphatic heterocycles. The van der Waals surface area contributed by atoms with Crippen LogP contribution in [-0.2, 0) is 14.4 Å². The van der Waals surface area contributed by atoms with Crippen molar-refractivity contribution in [2.24, 2.45) is 0 Å². The lowest BCUT2D eigenvalue weighted by molar-refractivity contribution is -0.124. The van der Waals surface area contributed by atoms with Crippen LogP contribution < -0.4 is 21.3 Å². The second-order valence-corrected chi connectivity index (χ2v) is 4.71. The molecule has 0 radical (unpaired) electrons. The first-order chi connectivity index (χ1) is 10.1. The SMILES string of the molecule is CCC(=O)Nc1cccc(NC(=O)C2CNC(=O)CN2)c1. The average Bonchev–Trinajstić information content (AvgIpc) is 2.48. The lowest BCUT2D eigenvalue weighted by Crippen LogP contribution is -2.56. The average molecular weight is 290 g/mol. The van der Waals surface area contributed by atoms with Gasteiger partial charge in [-0.2, -0.15) is 0 Å². The van der Waals surface area contributed by atoms with E-state index in [4.69, 9.17) is 0 Å². The van der Waals surface area contributed by atoms with Crippen LogP contribution in [0.25, 0.3) is 0 Å². The lowest BCUT2D eigenvalue weighted by Gasteiger charge is -2.23. The molecule has 0 bridgehead atoms. The first-order valence-electron chi connectivity index (χ1n) is 6.79. The highest BCUT2D eigenvalue weighted by Crippen LogP contribution is 2.15. The fourth-order valence-electron chi connectivity index (χ4n) is 1.91. The molecule has 3 amide bonds. The van der Waals surface area contributed by atoms with Gasteiger partial charge in [-0.05, 0) is 18.2 Å². The topological polar surface area (TPSA) is 99.3 Å². The van der Waals surface area contributed by atoms with Gasteiger partial charge in [0.2, 0.25) is 17.7 Å². The van der Waals surface area contributed by atoms with E-state index >= 15 is 0 Å². The molecule has 1 aromatic rings. The fraction of sp³-hybridized carbons (Fsp3) is 0.357. The van der Waals surface area contributed by atoms with Crippen LogP contribution in [0.15, 0.2) is 24.3 Å². The Morgan fingerprint density at radius 3 is 2.62 bits per heavy atom. The van der Waals surface area contributed by atoms with Crippen LogP contribution in [0.2, 0.25) is 0 Å². The van der Waals surface area contributed by atoms with Crippen molar-refractivity contribution >= 4 is 29.1 Å². The Hall–Kier alpha value is -2.41. The number of hydrogen-bond acceptors (Lipinski definition) is 4. The van der Waals surface area contributed by atoms with Crippen LogP contribution in [0.5, 0.6) is 0 Å². The normalized spacial score (nSPS) is 17.8. The van der Waals surface area contributed by atoms with E-state index in [0.29, 0.717) is 17.8 Å². The molecule has 0 aliphatic carbocycles. The monoisotopic (exact) mass is 290 g/mol. The number of benzene rings is 1. The minimum absolute atomic E-state index is 0.0878. The first kappa shape index (κ1) is 15.0. The van der Waals surface area contributed by atoms with Gasteiger partial charge in [0.1, 0.15) is 6.04 Å². The predicted octanol–water partition coefficient (Wildman–Crippen LogP) is 0.0616. The summed E-state index contributed by atoms with van der Waals surface area (Å²) in [6.45, 7) is 2.16. The largest absolute Gasteiger partial charge is 0.353 e. The lowest BCUT2D eigenvalue weighted by atomic mass is 10.2. The summed E-state index contributed by atoms with van der Waals surface area (Å²) in [6.07, 6.45) is 0.391. The molecule has 1 saturated heterocycles. The standard InChI is InChI=1S/C14H18N4O3/c1-2-12(19)17-9-4-3-5-10(6-9)18-14(21)11-7-16-13(20)8-15-11/h3-6,11,15H,2,7-8H2,1H3,(H,16,20)(H,17,19)(H,18,21). The highest BCUT2D eigenvalue weighted by Gasteiger charge is 2.23. The summed E-state index contributed by atoms with van der Waals surface area (Å²) >= 11 is 0. The Bertz CT molecular complexity index is 549. The number of hydrogen-bond donors (Lipinski definition) is 4. The number of carbonyl (C=O) groups is 3. The Morgan fingerprint density at radius 1 is 1.29 bits per heavy atom. The number of amides is 3. The van der Waals surface area contributed by atoms with Crippen molar-refractivity contribution in [3.8, 4) is 0 Å². The summed E-state index contributed by atoms with van der Waals surface area (Å²) in [6, 6.07) is 6.46. The van der Waals surface area contributed by atoms with Crippen LogP contribution in [-0.4, -0.2) is 36.9 Å². The highest BCUT2D eigenvalue weighted by molar-refractivity contribution is 5.97. The third-order valence-corrected chi connectivity index (χ3v) is 3.06. The smallest absolute Gasteiger partial charge is 0.243 e. The Labute approximate surface area is 122 Å². The molecular formula is C14H18N4O3. The Balaban J connectivity index is 1.96. The van der Waals surface area contributed by atoms with Crippen molar-refractivity contribution in [2.45, 2.75) is 19.4 Å². The third-order valence-electron chi connectivity index (χ3n) is 3.06. The molecule has 1 fully saturated rings. The minimum Gasteiger partial charge on any atom is -0.353 e. The predicted molar refractivity (Wildman–Crippen MR) is 78.8 cm³/mol. The Kier molecular flexibility index (Phi) is 4.89. The number of anilines is 2. The van der Waals surface area contributed by atoms with Crippen LogP contribution in [0.1, 0.15) is 13.3 Å². The van der Waals surface area contributed by atoms with Crippen LogP contribution in [0.4, 0.5) is 11.4 Å². The maximum atomic E-state index is 12.1. The van der Waals surface area contributed by atoms with E-state index in [1.165, 1.54) is 0 Å². The van der Waals surface area contributed by atoms with Gasteiger partial charge in [0.15, 0.2) is 0 Å². The van der Waals surface area contributed by atoms with Crippen molar-refractivity contribution in [3.63, 3.8) is 0 Å². The number of piperazine rings is 1. The molecule has 4 N–H and O–H groups in total. The van der Waals surface area contributed by atoms with Crippen molar-refractivity contribution in [3.05, 3.63) is 24.3 Å². The molecule has 7 nitrogen and oxygen atoms in total. The van der Waals surface area contributed by atoms with Gasteiger partial charge in [0, 0.05) is 24.3 Å². The Morgan fingerprint density at radius 2 is 2.00 bits per heavy atom. The van der Waals surface area contributed by atoms with Crippen LogP contribution >= 0.6 is 0 Å². The second kappa shape index (κ2) is 6.85. The van der Waals surface area contributed by atoms with Crippen molar-refractivity contribution in [1.29, 1.82) is 0 Å². The number of nitrogens with one attached hydrogen (secondary N) is 4. The van der Waals surface area contributed by atoms with Gasteiger partial charge < -0.3 is 16.0 Å². The molecule has 1 unspecified atom stereocenters. The quantitative estimate of drug-likeness (QED) is 0.630. The van der Waals surface area contributed by atoms with E-state index < -0.39 is 6.04 Å². The fourth-order valence-corrected chi connectivity index (χ4v) is 1.91. The number of rotatable bonds is 4. The summed E-state index contributed by atoms with van der Waals surface area (Å²) in [5.74, 6) is -0.438.